The first-order valence-electron chi connectivity index (χ1n) is 14.0. The second kappa shape index (κ2) is 8.61. The van der Waals surface area contributed by atoms with E-state index in [2.05, 4.69) is 49.1 Å². The van der Waals surface area contributed by atoms with Crippen LogP contribution in [0.4, 0.5) is 0 Å². The van der Waals surface area contributed by atoms with Gasteiger partial charge in [0.15, 0.2) is 17.3 Å². The van der Waals surface area contributed by atoms with Gasteiger partial charge in [0.1, 0.15) is 5.60 Å². The minimum absolute atomic E-state index is 0.210. The number of benzene rings is 2. The highest BCUT2D eigenvalue weighted by molar-refractivity contribution is 5.93. The molecule has 1 N–H and O–H groups in total. The molecule has 2 fully saturated rings. The molecule has 7 rings (SSSR count). The summed E-state index contributed by atoms with van der Waals surface area (Å²) in [7, 11) is 0. The Labute approximate surface area is 224 Å². The SMILES string of the molecule is CC#C[C@]1(O)CC[C@H]2[C@@H]3CCC4=CC(=O)CCC4=C3[C@@H](c3ccc(-c4ccc5c(c4)OCO5)cc3)C[C@@]21C. The van der Waals surface area contributed by atoms with Crippen molar-refractivity contribution in [1.82, 2.24) is 0 Å². The maximum absolute atomic E-state index is 12.3. The van der Waals surface area contributed by atoms with Crippen LogP contribution < -0.4 is 9.47 Å². The van der Waals surface area contributed by atoms with Crippen molar-refractivity contribution in [3.63, 3.8) is 0 Å². The summed E-state index contributed by atoms with van der Waals surface area (Å²) in [6.45, 7) is 4.41. The Bertz CT molecular complexity index is 1450. The van der Waals surface area contributed by atoms with Crippen LogP contribution in [-0.2, 0) is 4.79 Å². The fraction of sp³-hybridized carbons (Fsp3) is 0.441. The maximum Gasteiger partial charge on any atom is 0.231 e. The van der Waals surface area contributed by atoms with Gasteiger partial charge in [-0.25, -0.2) is 0 Å². The van der Waals surface area contributed by atoms with Crippen molar-refractivity contribution in [3.8, 4) is 34.5 Å². The monoisotopic (exact) mass is 506 g/mol. The predicted molar refractivity (Wildman–Crippen MR) is 147 cm³/mol. The van der Waals surface area contributed by atoms with Crippen molar-refractivity contribution in [3.05, 3.63) is 70.8 Å². The van der Waals surface area contributed by atoms with E-state index < -0.39 is 5.60 Å². The van der Waals surface area contributed by atoms with E-state index in [-0.39, 0.29) is 23.9 Å². The van der Waals surface area contributed by atoms with Gasteiger partial charge in [-0.2, -0.15) is 0 Å². The Kier molecular flexibility index (Phi) is 5.39. The summed E-state index contributed by atoms with van der Waals surface area (Å²) in [4.78, 5) is 12.3. The van der Waals surface area contributed by atoms with Crippen molar-refractivity contribution >= 4 is 5.78 Å². The highest BCUT2D eigenvalue weighted by Crippen LogP contribution is 2.66. The zero-order chi connectivity index (χ0) is 26.1. The Hall–Kier alpha value is -3.29. The molecule has 0 saturated heterocycles. The van der Waals surface area contributed by atoms with E-state index in [0.29, 0.717) is 18.3 Å². The number of allylic oxidation sites excluding steroid dienone is 4. The molecule has 2 saturated carbocycles. The Morgan fingerprint density at radius 1 is 0.974 bits per heavy atom. The lowest BCUT2D eigenvalue weighted by Gasteiger charge is -2.53. The van der Waals surface area contributed by atoms with E-state index >= 15 is 0 Å². The van der Waals surface area contributed by atoms with E-state index in [4.69, 9.17) is 9.47 Å². The van der Waals surface area contributed by atoms with E-state index in [1.54, 1.807) is 5.57 Å². The van der Waals surface area contributed by atoms with E-state index in [1.807, 2.05) is 25.1 Å². The molecule has 0 aromatic heterocycles. The van der Waals surface area contributed by atoms with Crippen LogP contribution in [0.15, 0.2) is 65.3 Å². The molecule has 0 spiro atoms. The van der Waals surface area contributed by atoms with Crippen LogP contribution in [0.3, 0.4) is 0 Å². The minimum atomic E-state index is -0.952. The lowest BCUT2D eigenvalue weighted by molar-refractivity contribution is -0.114. The third-order valence-corrected chi connectivity index (χ3v) is 10.2. The van der Waals surface area contributed by atoms with Crippen molar-refractivity contribution < 1.29 is 19.4 Å². The number of carbonyl (C=O) groups is 1. The molecule has 0 amide bonds. The first-order valence-corrected chi connectivity index (χ1v) is 14.0. The molecule has 1 heterocycles. The molecular weight excluding hydrogens is 472 g/mol. The summed E-state index contributed by atoms with van der Waals surface area (Å²) in [5.41, 5.74) is 6.56. The fourth-order valence-electron chi connectivity index (χ4n) is 8.36. The van der Waals surface area contributed by atoms with Crippen LogP contribution in [0.1, 0.15) is 70.3 Å². The summed E-state index contributed by atoms with van der Waals surface area (Å²) in [5.74, 6) is 9.21. The van der Waals surface area contributed by atoms with Crippen LogP contribution in [0.2, 0.25) is 0 Å². The molecule has 5 aliphatic rings. The number of ketones is 1. The van der Waals surface area contributed by atoms with Crippen LogP contribution in [0.25, 0.3) is 11.1 Å². The summed E-state index contributed by atoms with van der Waals surface area (Å²) in [5, 5.41) is 11.9. The zero-order valence-corrected chi connectivity index (χ0v) is 22.2. The standard InChI is InChI=1S/C34H34O4/c1-3-15-34(36)16-14-29-27-11-8-24-17-25(35)10-12-26(24)32(27)28(19-33(29,34)2)22-6-4-21(5-7-22)23-9-13-30-31(18-23)38-20-37-30/h4-7,9,13,17-18,27-29,36H,8,10-12,14,16,19-20H2,1-2H3/t27-,28+,29-,33-,34-/m0/s1. The molecule has 2 aromatic carbocycles. The molecular formula is C34H34O4. The van der Waals surface area contributed by atoms with Crippen molar-refractivity contribution in [2.24, 2.45) is 17.3 Å². The molecule has 0 radical (unpaired) electrons. The third-order valence-electron chi connectivity index (χ3n) is 10.2. The normalized spacial score (nSPS) is 33.1. The van der Waals surface area contributed by atoms with Crippen molar-refractivity contribution in [2.75, 3.05) is 6.79 Å². The number of hydrogen-bond donors (Lipinski definition) is 1. The highest BCUT2D eigenvalue weighted by atomic mass is 16.7. The van der Waals surface area contributed by atoms with Gasteiger partial charge in [0, 0.05) is 17.8 Å². The van der Waals surface area contributed by atoms with Gasteiger partial charge in [-0.15, -0.1) is 5.92 Å². The molecule has 4 nitrogen and oxygen atoms in total. The van der Waals surface area contributed by atoms with Gasteiger partial charge in [0.2, 0.25) is 6.79 Å². The summed E-state index contributed by atoms with van der Waals surface area (Å²) < 4.78 is 11.1. The second-order valence-corrected chi connectivity index (χ2v) is 12.0. The van der Waals surface area contributed by atoms with Gasteiger partial charge in [-0.1, -0.05) is 48.7 Å². The first kappa shape index (κ1) is 23.8. The molecule has 38 heavy (non-hydrogen) atoms. The second-order valence-electron chi connectivity index (χ2n) is 12.0. The van der Waals surface area contributed by atoms with Crippen LogP contribution in [-0.4, -0.2) is 23.3 Å². The van der Waals surface area contributed by atoms with Crippen LogP contribution in [0, 0.1) is 29.1 Å². The highest BCUT2D eigenvalue weighted by Gasteiger charge is 2.62. The molecule has 0 unspecified atom stereocenters. The van der Waals surface area contributed by atoms with E-state index in [9.17, 15) is 9.90 Å². The van der Waals surface area contributed by atoms with Crippen LogP contribution >= 0.6 is 0 Å². The maximum atomic E-state index is 12.3. The van der Waals surface area contributed by atoms with Gasteiger partial charge in [0.05, 0.1) is 0 Å². The summed E-state index contributed by atoms with van der Waals surface area (Å²) in [6.07, 6.45) is 8.03. The molecule has 5 atom stereocenters. The smallest absolute Gasteiger partial charge is 0.231 e. The lowest BCUT2D eigenvalue weighted by atomic mass is 9.51. The molecule has 2 aromatic rings. The Balaban J connectivity index is 1.32. The molecule has 194 valence electrons. The largest absolute Gasteiger partial charge is 0.454 e. The topological polar surface area (TPSA) is 55.8 Å². The quantitative estimate of drug-likeness (QED) is 0.459. The predicted octanol–water partition coefficient (Wildman–Crippen LogP) is 6.74. The summed E-state index contributed by atoms with van der Waals surface area (Å²) in [6, 6.07) is 15.0. The van der Waals surface area contributed by atoms with Crippen molar-refractivity contribution in [2.45, 2.75) is 70.3 Å². The van der Waals surface area contributed by atoms with E-state index in [0.717, 1.165) is 61.2 Å². The molecule has 4 heteroatoms. The lowest BCUT2D eigenvalue weighted by Crippen LogP contribution is -2.51. The van der Waals surface area contributed by atoms with Crippen molar-refractivity contribution in [1.29, 1.82) is 0 Å². The Morgan fingerprint density at radius 2 is 1.76 bits per heavy atom. The Morgan fingerprint density at radius 3 is 2.58 bits per heavy atom. The van der Waals surface area contributed by atoms with Gasteiger partial charge in [-0.3, -0.25) is 4.79 Å². The average molecular weight is 507 g/mol. The molecule has 0 bridgehead atoms. The molecule has 1 aliphatic heterocycles. The number of aliphatic hydroxyl groups is 1. The third kappa shape index (κ3) is 3.45. The van der Waals surface area contributed by atoms with E-state index in [1.165, 1.54) is 16.7 Å². The number of carbonyl (C=O) groups excluding carboxylic acids is 1. The van der Waals surface area contributed by atoms with Gasteiger partial charge in [0.25, 0.3) is 0 Å². The number of hydrogen-bond acceptors (Lipinski definition) is 4. The summed E-state index contributed by atoms with van der Waals surface area (Å²) >= 11 is 0. The van der Waals surface area contributed by atoms with Crippen LogP contribution in [0.5, 0.6) is 11.5 Å². The van der Waals surface area contributed by atoms with Gasteiger partial charge in [-0.05, 0) is 103 Å². The number of ether oxygens (including phenoxy) is 2. The first-order chi connectivity index (χ1) is 18.4. The fourth-order valence-corrected chi connectivity index (χ4v) is 8.36. The number of fused-ring (bicyclic) bond motifs is 5. The van der Waals surface area contributed by atoms with Gasteiger partial charge < -0.3 is 14.6 Å². The zero-order valence-electron chi connectivity index (χ0n) is 22.2. The average Bonchev–Trinajstić information content (AvgIpc) is 3.50. The number of rotatable bonds is 2. The van der Waals surface area contributed by atoms with Gasteiger partial charge >= 0.3 is 0 Å². The molecule has 4 aliphatic carbocycles. The minimum Gasteiger partial charge on any atom is -0.454 e.